The molecule has 0 aromatic heterocycles. The molecule has 3 nitrogen and oxygen atoms in total. The summed E-state index contributed by atoms with van der Waals surface area (Å²) in [7, 11) is 0. The second-order valence-corrected chi connectivity index (χ2v) is 4.88. The van der Waals surface area contributed by atoms with Gasteiger partial charge < -0.3 is 4.74 Å². The molecule has 82 valence electrons. The fourth-order valence-electron chi connectivity index (χ4n) is 2.09. The van der Waals surface area contributed by atoms with Crippen molar-refractivity contribution in [1.82, 2.24) is 0 Å². The number of ketones is 1. The zero-order valence-electron chi connectivity index (χ0n) is 9.00. The van der Waals surface area contributed by atoms with Crippen LogP contribution in [0.2, 0.25) is 0 Å². The molecular formula is C12H17NO2. The Morgan fingerprint density at radius 1 is 1.40 bits per heavy atom. The van der Waals surface area contributed by atoms with Crippen LogP contribution >= 0.6 is 0 Å². The summed E-state index contributed by atoms with van der Waals surface area (Å²) < 4.78 is 5.81. The second kappa shape index (κ2) is 4.32. The van der Waals surface area contributed by atoms with Gasteiger partial charge in [-0.2, -0.15) is 5.26 Å². The number of nitrogens with zero attached hydrogens (tertiary/aromatic N) is 1. The van der Waals surface area contributed by atoms with Crippen LogP contribution in [0, 0.1) is 16.7 Å². The van der Waals surface area contributed by atoms with Crippen molar-refractivity contribution in [1.29, 1.82) is 5.26 Å². The third-order valence-electron chi connectivity index (χ3n) is 3.53. The molecule has 0 aliphatic heterocycles. The quantitative estimate of drug-likeness (QED) is 0.710. The van der Waals surface area contributed by atoms with Gasteiger partial charge in [0.05, 0.1) is 18.8 Å². The molecule has 3 heteroatoms. The topological polar surface area (TPSA) is 50.1 Å². The van der Waals surface area contributed by atoms with Crippen LogP contribution in [0.25, 0.3) is 0 Å². The van der Waals surface area contributed by atoms with Crippen molar-refractivity contribution in [2.24, 2.45) is 5.41 Å². The number of Topliss-reactive ketones (excluding diaryl/α,β-unsaturated/α-hetero) is 1. The summed E-state index contributed by atoms with van der Waals surface area (Å²) in [6, 6.07) is 2.23. The average molecular weight is 207 g/mol. The van der Waals surface area contributed by atoms with Crippen LogP contribution in [0.3, 0.4) is 0 Å². The molecular weight excluding hydrogens is 190 g/mol. The van der Waals surface area contributed by atoms with Crippen LogP contribution in [-0.2, 0) is 9.53 Å². The highest BCUT2D eigenvalue weighted by Crippen LogP contribution is 2.49. The van der Waals surface area contributed by atoms with Gasteiger partial charge in [0.1, 0.15) is 5.78 Å². The lowest BCUT2D eigenvalue weighted by atomic mass is 9.96. The Balaban J connectivity index is 1.70. The smallest absolute Gasteiger partial charge is 0.133 e. The monoisotopic (exact) mass is 207 g/mol. The third-order valence-corrected chi connectivity index (χ3v) is 3.53. The van der Waals surface area contributed by atoms with E-state index in [0.29, 0.717) is 25.0 Å². The first-order chi connectivity index (χ1) is 7.24. The number of rotatable bonds is 4. The van der Waals surface area contributed by atoms with Gasteiger partial charge in [-0.05, 0) is 25.7 Å². The Hall–Kier alpha value is -0.880. The molecule has 0 amide bonds. The van der Waals surface area contributed by atoms with Crippen molar-refractivity contribution in [3.8, 4) is 6.07 Å². The largest absolute Gasteiger partial charge is 0.378 e. The Bertz CT molecular complexity index is 278. The fourth-order valence-corrected chi connectivity index (χ4v) is 2.09. The van der Waals surface area contributed by atoms with Gasteiger partial charge in [-0.15, -0.1) is 0 Å². The van der Waals surface area contributed by atoms with Crippen molar-refractivity contribution < 1.29 is 9.53 Å². The molecule has 15 heavy (non-hydrogen) atoms. The summed E-state index contributed by atoms with van der Waals surface area (Å²) in [5, 5.41) is 8.66. The van der Waals surface area contributed by atoms with Gasteiger partial charge in [0.15, 0.2) is 0 Å². The lowest BCUT2D eigenvalue weighted by molar-refractivity contribution is -0.123. The molecule has 2 aliphatic carbocycles. The highest BCUT2D eigenvalue weighted by atomic mass is 16.5. The summed E-state index contributed by atoms with van der Waals surface area (Å²) in [5.41, 5.74) is 0.177. The molecule has 0 radical (unpaired) electrons. The number of hydrogen-bond acceptors (Lipinski definition) is 3. The molecule has 2 aliphatic rings. The molecule has 0 unspecified atom stereocenters. The Morgan fingerprint density at radius 3 is 2.60 bits per heavy atom. The van der Waals surface area contributed by atoms with E-state index in [1.54, 1.807) is 0 Å². The van der Waals surface area contributed by atoms with Crippen LogP contribution in [0.1, 0.15) is 44.9 Å². The van der Waals surface area contributed by atoms with Crippen LogP contribution in [-0.4, -0.2) is 18.5 Å². The third kappa shape index (κ3) is 2.79. The van der Waals surface area contributed by atoms with Gasteiger partial charge in [-0.3, -0.25) is 4.79 Å². The first-order valence-corrected chi connectivity index (χ1v) is 5.74. The van der Waals surface area contributed by atoms with Crippen molar-refractivity contribution in [3.63, 3.8) is 0 Å². The molecule has 0 spiro atoms. The lowest BCUT2D eigenvalue weighted by Crippen LogP contribution is -2.24. The number of nitriles is 1. The van der Waals surface area contributed by atoms with E-state index in [0.717, 1.165) is 32.3 Å². The van der Waals surface area contributed by atoms with Crippen molar-refractivity contribution in [2.75, 3.05) is 6.61 Å². The van der Waals surface area contributed by atoms with Crippen LogP contribution in [0.5, 0.6) is 0 Å². The minimum absolute atomic E-state index is 0.177. The first-order valence-electron chi connectivity index (χ1n) is 5.74. The molecule has 2 rings (SSSR count). The maximum absolute atomic E-state index is 11.0. The molecule has 0 aromatic rings. The normalized spacial score (nSPS) is 24.9. The summed E-state index contributed by atoms with van der Waals surface area (Å²) >= 11 is 0. The Morgan fingerprint density at radius 2 is 2.07 bits per heavy atom. The molecule has 0 N–H and O–H groups in total. The fraction of sp³-hybridized carbons (Fsp3) is 0.833. The molecule has 2 saturated carbocycles. The highest BCUT2D eigenvalue weighted by Gasteiger charge is 2.43. The maximum Gasteiger partial charge on any atom is 0.133 e. The predicted molar refractivity (Wildman–Crippen MR) is 55.1 cm³/mol. The number of ether oxygens (including phenoxy) is 1. The average Bonchev–Trinajstić information content (AvgIpc) is 2.99. The highest BCUT2D eigenvalue weighted by molar-refractivity contribution is 5.79. The first kappa shape index (κ1) is 10.6. The van der Waals surface area contributed by atoms with Crippen molar-refractivity contribution in [3.05, 3.63) is 0 Å². The van der Waals surface area contributed by atoms with Crippen LogP contribution in [0.15, 0.2) is 0 Å². The molecule has 0 atom stereocenters. The Labute approximate surface area is 90.4 Å². The lowest BCUT2D eigenvalue weighted by Gasteiger charge is -2.23. The van der Waals surface area contributed by atoms with Crippen molar-refractivity contribution in [2.45, 2.75) is 51.0 Å². The van der Waals surface area contributed by atoms with E-state index >= 15 is 0 Å². The van der Waals surface area contributed by atoms with E-state index in [1.165, 1.54) is 0 Å². The van der Waals surface area contributed by atoms with E-state index in [1.807, 2.05) is 0 Å². The van der Waals surface area contributed by atoms with E-state index in [-0.39, 0.29) is 11.5 Å². The zero-order chi connectivity index (χ0) is 10.7. The minimum Gasteiger partial charge on any atom is -0.378 e. The molecule has 0 bridgehead atoms. The number of carbonyl (C=O) groups is 1. The van der Waals surface area contributed by atoms with Gasteiger partial charge in [0, 0.05) is 24.7 Å². The van der Waals surface area contributed by atoms with Gasteiger partial charge in [-0.1, -0.05) is 0 Å². The molecule has 0 heterocycles. The van der Waals surface area contributed by atoms with Crippen LogP contribution < -0.4 is 0 Å². The summed E-state index contributed by atoms with van der Waals surface area (Å²) in [4.78, 5) is 11.0. The van der Waals surface area contributed by atoms with E-state index in [2.05, 4.69) is 6.07 Å². The number of hydrogen-bond donors (Lipinski definition) is 0. The minimum atomic E-state index is 0.177. The SMILES string of the molecule is N#CCC1(COC2CCC(=O)CC2)CC1. The van der Waals surface area contributed by atoms with Crippen LogP contribution in [0.4, 0.5) is 0 Å². The van der Waals surface area contributed by atoms with Gasteiger partial charge in [-0.25, -0.2) is 0 Å². The summed E-state index contributed by atoms with van der Waals surface area (Å²) in [6.07, 6.45) is 6.25. The van der Waals surface area contributed by atoms with E-state index < -0.39 is 0 Å². The summed E-state index contributed by atoms with van der Waals surface area (Å²) in [6.45, 7) is 0.722. The number of carbonyl (C=O) groups excluding carboxylic acids is 1. The summed E-state index contributed by atoms with van der Waals surface area (Å²) in [5.74, 6) is 0.369. The van der Waals surface area contributed by atoms with E-state index in [4.69, 9.17) is 10.00 Å². The van der Waals surface area contributed by atoms with Crippen molar-refractivity contribution >= 4 is 5.78 Å². The predicted octanol–water partition coefficient (Wildman–Crippen LogP) is 2.21. The maximum atomic E-state index is 11.0. The van der Waals surface area contributed by atoms with E-state index in [9.17, 15) is 4.79 Å². The molecule has 0 aromatic carbocycles. The van der Waals surface area contributed by atoms with Gasteiger partial charge in [0.2, 0.25) is 0 Å². The molecule has 0 saturated heterocycles. The molecule has 2 fully saturated rings. The van der Waals surface area contributed by atoms with Gasteiger partial charge >= 0.3 is 0 Å². The van der Waals surface area contributed by atoms with Gasteiger partial charge in [0.25, 0.3) is 0 Å². The standard InChI is InChI=1S/C12H17NO2/c13-8-7-12(5-6-12)9-15-11-3-1-10(14)2-4-11/h11H,1-7,9H2. The zero-order valence-corrected chi connectivity index (χ0v) is 9.00. The second-order valence-electron chi connectivity index (χ2n) is 4.88. The Kier molecular flexibility index (Phi) is 3.06.